The maximum absolute atomic E-state index is 11.2. The van der Waals surface area contributed by atoms with Gasteiger partial charge in [-0.25, -0.2) is 0 Å². The van der Waals surface area contributed by atoms with Gasteiger partial charge in [0, 0.05) is 19.4 Å². The van der Waals surface area contributed by atoms with E-state index >= 15 is 0 Å². The predicted molar refractivity (Wildman–Crippen MR) is 92.9 cm³/mol. The maximum atomic E-state index is 11.2. The molecule has 4 nitrogen and oxygen atoms in total. The zero-order chi connectivity index (χ0) is 17.3. The molecule has 1 unspecified atom stereocenters. The molecular weight excluding hydrogens is 290 g/mol. The molecule has 0 aromatic heterocycles. The lowest BCUT2D eigenvalue weighted by Crippen LogP contribution is -2.31. The lowest BCUT2D eigenvalue weighted by Gasteiger charge is -2.17. The SMILES string of the molecule is CCCCCCCCCCCC(CCCCNC(C)=O)C(=O)[O-]. The van der Waals surface area contributed by atoms with Crippen LogP contribution in [0.25, 0.3) is 0 Å². The number of carbonyl (C=O) groups is 2. The second kappa shape index (κ2) is 15.8. The molecule has 0 spiro atoms. The average Bonchev–Trinajstić information content (AvgIpc) is 2.50. The van der Waals surface area contributed by atoms with Crippen molar-refractivity contribution in [3.63, 3.8) is 0 Å². The Kier molecular flexibility index (Phi) is 15.1. The van der Waals surface area contributed by atoms with E-state index in [9.17, 15) is 14.7 Å². The zero-order valence-electron chi connectivity index (χ0n) is 15.2. The average molecular weight is 327 g/mol. The maximum Gasteiger partial charge on any atom is 0.216 e. The van der Waals surface area contributed by atoms with Gasteiger partial charge in [0.1, 0.15) is 0 Å². The van der Waals surface area contributed by atoms with E-state index in [1.807, 2.05) is 0 Å². The largest absolute Gasteiger partial charge is 0.550 e. The van der Waals surface area contributed by atoms with Crippen LogP contribution < -0.4 is 10.4 Å². The van der Waals surface area contributed by atoms with E-state index < -0.39 is 5.97 Å². The highest BCUT2D eigenvalue weighted by molar-refractivity contribution is 5.72. The molecule has 0 rings (SSSR count). The molecule has 0 fully saturated rings. The van der Waals surface area contributed by atoms with Gasteiger partial charge < -0.3 is 15.2 Å². The standard InChI is InChI=1S/C19H37NO3/c1-3-4-5-6-7-8-9-10-11-14-18(19(22)23)15-12-13-16-20-17(2)21/h18H,3-16H2,1-2H3,(H,20,21)(H,22,23)/p-1. The van der Waals surface area contributed by atoms with Crippen LogP contribution in [0.15, 0.2) is 0 Å². The Morgan fingerprint density at radius 3 is 1.78 bits per heavy atom. The van der Waals surface area contributed by atoms with E-state index in [0.717, 1.165) is 32.1 Å². The number of aliphatic carboxylic acids is 1. The highest BCUT2D eigenvalue weighted by atomic mass is 16.4. The normalized spacial score (nSPS) is 12.1. The highest BCUT2D eigenvalue weighted by Crippen LogP contribution is 2.17. The van der Waals surface area contributed by atoms with Crippen molar-refractivity contribution in [3.8, 4) is 0 Å². The number of hydrogen-bond acceptors (Lipinski definition) is 3. The van der Waals surface area contributed by atoms with Crippen molar-refractivity contribution in [1.29, 1.82) is 0 Å². The first-order chi connectivity index (χ1) is 11.1. The van der Waals surface area contributed by atoms with Crippen LogP contribution in [0.4, 0.5) is 0 Å². The molecule has 0 saturated carbocycles. The van der Waals surface area contributed by atoms with Crippen LogP contribution in [-0.2, 0) is 9.59 Å². The van der Waals surface area contributed by atoms with Gasteiger partial charge in [0.25, 0.3) is 0 Å². The topological polar surface area (TPSA) is 69.2 Å². The molecule has 136 valence electrons. The Morgan fingerprint density at radius 2 is 1.30 bits per heavy atom. The first-order valence-electron chi connectivity index (χ1n) is 9.53. The van der Waals surface area contributed by atoms with E-state index in [2.05, 4.69) is 12.2 Å². The van der Waals surface area contributed by atoms with E-state index in [1.165, 1.54) is 51.9 Å². The summed E-state index contributed by atoms with van der Waals surface area (Å²) in [6.45, 7) is 4.36. The van der Waals surface area contributed by atoms with Gasteiger partial charge in [0.2, 0.25) is 5.91 Å². The van der Waals surface area contributed by atoms with Gasteiger partial charge in [0.15, 0.2) is 0 Å². The third-order valence-corrected chi connectivity index (χ3v) is 4.34. The number of hydrogen-bond donors (Lipinski definition) is 1. The van der Waals surface area contributed by atoms with Crippen molar-refractivity contribution >= 4 is 11.9 Å². The van der Waals surface area contributed by atoms with Crippen LogP contribution >= 0.6 is 0 Å². The van der Waals surface area contributed by atoms with Crippen molar-refractivity contribution in [3.05, 3.63) is 0 Å². The van der Waals surface area contributed by atoms with Gasteiger partial charge in [-0.1, -0.05) is 71.1 Å². The van der Waals surface area contributed by atoms with Crippen LogP contribution in [0, 0.1) is 5.92 Å². The fraction of sp³-hybridized carbons (Fsp3) is 0.895. The van der Waals surface area contributed by atoms with Crippen molar-refractivity contribution in [2.24, 2.45) is 5.92 Å². The summed E-state index contributed by atoms with van der Waals surface area (Å²) in [5.41, 5.74) is 0. The van der Waals surface area contributed by atoms with Crippen LogP contribution in [-0.4, -0.2) is 18.4 Å². The van der Waals surface area contributed by atoms with Gasteiger partial charge in [-0.2, -0.15) is 0 Å². The first kappa shape index (κ1) is 21.9. The fourth-order valence-electron chi connectivity index (χ4n) is 2.86. The smallest absolute Gasteiger partial charge is 0.216 e. The third kappa shape index (κ3) is 15.6. The number of carbonyl (C=O) groups excluding carboxylic acids is 2. The Labute approximate surface area is 142 Å². The minimum atomic E-state index is -0.913. The molecule has 0 aliphatic carbocycles. The summed E-state index contributed by atoms with van der Waals surface area (Å²) in [7, 11) is 0. The molecule has 4 heteroatoms. The van der Waals surface area contributed by atoms with E-state index in [4.69, 9.17) is 0 Å². The lowest BCUT2D eigenvalue weighted by atomic mass is 9.95. The van der Waals surface area contributed by atoms with Crippen molar-refractivity contribution < 1.29 is 14.7 Å². The predicted octanol–water partition coefficient (Wildman–Crippen LogP) is 3.58. The zero-order valence-corrected chi connectivity index (χ0v) is 15.2. The monoisotopic (exact) mass is 326 g/mol. The van der Waals surface area contributed by atoms with Gasteiger partial charge >= 0.3 is 0 Å². The Bertz CT molecular complexity index is 305. The van der Waals surface area contributed by atoms with Crippen LogP contribution in [0.3, 0.4) is 0 Å². The molecule has 0 aromatic rings. The summed E-state index contributed by atoms with van der Waals surface area (Å²) in [6, 6.07) is 0. The quantitative estimate of drug-likeness (QED) is 0.441. The lowest BCUT2D eigenvalue weighted by molar-refractivity contribution is -0.312. The number of nitrogens with one attached hydrogen (secondary N) is 1. The highest BCUT2D eigenvalue weighted by Gasteiger charge is 2.09. The van der Waals surface area contributed by atoms with Crippen LogP contribution in [0.5, 0.6) is 0 Å². The summed E-state index contributed by atoms with van der Waals surface area (Å²) in [6.07, 6.45) is 14.3. The summed E-state index contributed by atoms with van der Waals surface area (Å²) >= 11 is 0. The van der Waals surface area contributed by atoms with E-state index in [1.54, 1.807) is 0 Å². The molecule has 0 aliphatic heterocycles. The van der Waals surface area contributed by atoms with Crippen molar-refractivity contribution in [1.82, 2.24) is 5.32 Å². The first-order valence-corrected chi connectivity index (χ1v) is 9.53. The second-order valence-electron chi connectivity index (χ2n) is 6.61. The summed E-state index contributed by atoms with van der Waals surface area (Å²) in [4.78, 5) is 21.9. The molecule has 0 bridgehead atoms. The molecule has 0 saturated heterocycles. The Morgan fingerprint density at radius 1 is 0.826 bits per heavy atom. The van der Waals surface area contributed by atoms with Gasteiger partial charge in [-0.3, -0.25) is 4.79 Å². The minimum absolute atomic E-state index is 0.0313. The number of amides is 1. The van der Waals surface area contributed by atoms with E-state index in [0.29, 0.717) is 13.0 Å². The number of rotatable bonds is 16. The summed E-state index contributed by atoms with van der Waals surface area (Å²) in [5, 5.41) is 13.9. The van der Waals surface area contributed by atoms with Crippen LogP contribution in [0.2, 0.25) is 0 Å². The molecular formula is C19H36NO3-. The molecule has 1 N–H and O–H groups in total. The van der Waals surface area contributed by atoms with Crippen molar-refractivity contribution in [2.45, 2.75) is 97.3 Å². The summed E-state index contributed by atoms with van der Waals surface area (Å²) in [5.74, 6) is -1.27. The van der Waals surface area contributed by atoms with Gasteiger partial charge in [-0.05, 0) is 25.2 Å². The third-order valence-electron chi connectivity index (χ3n) is 4.34. The van der Waals surface area contributed by atoms with Gasteiger partial charge in [-0.15, -0.1) is 0 Å². The minimum Gasteiger partial charge on any atom is -0.550 e. The Balaban J connectivity index is 3.53. The number of unbranched alkanes of at least 4 members (excludes halogenated alkanes) is 9. The number of carboxylic acids is 1. The Hall–Kier alpha value is -1.06. The van der Waals surface area contributed by atoms with Gasteiger partial charge in [0.05, 0.1) is 0 Å². The summed E-state index contributed by atoms with van der Waals surface area (Å²) < 4.78 is 0. The molecule has 0 heterocycles. The second-order valence-corrected chi connectivity index (χ2v) is 6.61. The molecule has 0 radical (unpaired) electrons. The molecule has 0 aromatic carbocycles. The van der Waals surface area contributed by atoms with Crippen molar-refractivity contribution in [2.75, 3.05) is 6.54 Å². The fourth-order valence-corrected chi connectivity index (χ4v) is 2.86. The van der Waals surface area contributed by atoms with E-state index in [-0.39, 0.29) is 11.8 Å². The molecule has 1 atom stereocenters. The molecule has 0 aliphatic rings. The van der Waals surface area contributed by atoms with Crippen LogP contribution in [0.1, 0.15) is 97.3 Å². The number of carboxylic acid groups (broad SMARTS) is 1. The molecule has 1 amide bonds. The molecule has 23 heavy (non-hydrogen) atoms.